The van der Waals surface area contributed by atoms with Crippen LogP contribution in [0.4, 0.5) is 5.69 Å². The molecule has 1 atom stereocenters. The summed E-state index contributed by atoms with van der Waals surface area (Å²) in [4.78, 5) is 13.0. The molecule has 1 aromatic carbocycles. The van der Waals surface area contributed by atoms with Gasteiger partial charge < -0.3 is 10.0 Å². The van der Waals surface area contributed by atoms with Crippen molar-refractivity contribution < 1.29 is 18.3 Å². The van der Waals surface area contributed by atoms with Crippen LogP contribution >= 0.6 is 0 Å². The third-order valence-corrected chi connectivity index (χ3v) is 5.90. The second-order valence-corrected chi connectivity index (χ2v) is 7.97. The topological polar surface area (TPSA) is 74.7 Å². The van der Waals surface area contributed by atoms with Gasteiger partial charge in [-0.1, -0.05) is 18.2 Å². The standard InChI is InChI=1S/C14H19NO4S/c1-10(2)20(18,19)8-7-15-12-6-4-3-5-11(12)9-13(15)14(16)17/h3-6,10,13H,7-9H2,1-2H3,(H,16,17). The summed E-state index contributed by atoms with van der Waals surface area (Å²) in [5.74, 6) is -0.939. The normalized spacial score (nSPS) is 18.4. The van der Waals surface area contributed by atoms with Crippen molar-refractivity contribution >= 4 is 21.5 Å². The molecular formula is C14H19NO4S. The number of anilines is 1. The maximum atomic E-state index is 11.9. The number of hydrogen-bond acceptors (Lipinski definition) is 4. The van der Waals surface area contributed by atoms with E-state index in [4.69, 9.17) is 0 Å². The summed E-state index contributed by atoms with van der Waals surface area (Å²) in [5.41, 5.74) is 1.79. The molecule has 0 aliphatic carbocycles. The Balaban J connectivity index is 2.22. The van der Waals surface area contributed by atoms with Gasteiger partial charge in [-0.2, -0.15) is 0 Å². The third kappa shape index (κ3) is 2.80. The van der Waals surface area contributed by atoms with E-state index in [1.165, 1.54) is 0 Å². The van der Waals surface area contributed by atoms with E-state index in [0.29, 0.717) is 6.42 Å². The van der Waals surface area contributed by atoms with Gasteiger partial charge in [0.2, 0.25) is 0 Å². The van der Waals surface area contributed by atoms with Crippen LogP contribution < -0.4 is 4.90 Å². The van der Waals surface area contributed by atoms with Gasteiger partial charge in [0.15, 0.2) is 9.84 Å². The van der Waals surface area contributed by atoms with Gasteiger partial charge in [-0.3, -0.25) is 0 Å². The Morgan fingerprint density at radius 2 is 2.05 bits per heavy atom. The molecule has 0 saturated carbocycles. The molecule has 6 heteroatoms. The lowest BCUT2D eigenvalue weighted by Crippen LogP contribution is -2.41. The number of carboxylic acid groups (broad SMARTS) is 1. The van der Waals surface area contributed by atoms with Gasteiger partial charge in [0.1, 0.15) is 6.04 Å². The van der Waals surface area contributed by atoms with Crippen LogP contribution in [0.3, 0.4) is 0 Å². The number of benzene rings is 1. The van der Waals surface area contributed by atoms with Crippen LogP contribution in [-0.2, 0) is 21.1 Å². The van der Waals surface area contributed by atoms with E-state index < -0.39 is 27.1 Å². The zero-order chi connectivity index (χ0) is 14.9. The molecule has 2 rings (SSSR count). The number of rotatable bonds is 5. The van der Waals surface area contributed by atoms with Gasteiger partial charge in [0, 0.05) is 18.7 Å². The van der Waals surface area contributed by atoms with Crippen LogP contribution in [0, 0.1) is 0 Å². The van der Waals surface area contributed by atoms with Crippen LogP contribution in [0.2, 0.25) is 0 Å². The van der Waals surface area contributed by atoms with E-state index in [0.717, 1.165) is 11.3 Å². The molecule has 0 fully saturated rings. The monoisotopic (exact) mass is 297 g/mol. The minimum absolute atomic E-state index is 0.0250. The molecule has 0 radical (unpaired) electrons. The molecule has 1 aliphatic rings. The lowest BCUT2D eigenvalue weighted by atomic mass is 10.1. The third-order valence-electron chi connectivity index (χ3n) is 3.71. The van der Waals surface area contributed by atoms with E-state index in [9.17, 15) is 18.3 Å². The molecule has 1 aromatic rings. The van der Waals surface area contributed by atoms with Crippen LogP contribution in [0.25, 0.3) is 0 Å². The Kier molecular flexibility index (Phi) is 4.04. The van der Waals surface area contributed by atoms with Crippen LogP contribution in [-0.4, -0.2) is 43.1 Å². The Hall–Kier alpha value is -1.56. The summed E-state index contributed by atoms with van der Waals surface area (Å²) in [5, 5.41) is 8.86. The Labute approximate surface area is 119 Å². The molecule has 0 aromatic heterocycles. The lowest BCUT2D eigenvalue weighted by molar-refractivity contribution is -0.138. The first-order valence-electron chi connectivity index (χ1n) is 6.62. The SMILES string of the molecule is CC(C)S(=O)(=O)CCN1c2ccccc2CC1C(=O)O. The highest BCUT2D eigenvalue weighted by molar-refractivity contribution is 7.92. The van der Waals surface area contributed by atoms with Crippen molar-refractivity contribution in [3.63, 3.8) is 0 Å². The number of fused-ring (bicyclic) bond motifs is 1. The first-order chi connectivity index (χ1) is 9.33. The fourth-order valence-corrected chi connectivity index (χ4v) is 3.33. The summed E-state index contributed by atoms with van der Waals surface area (Å²) < 4.78 is 23.8. The number of para-hydroxylation sites is 1. The van der Waals surface area contributed by atoms with Crippen molar-refractivity contribution in [2.24, 2.45) is 0 Å². The quantitative estimate of drug-likeness (QED) is 0.887. The molecule has 0 spiro atoms. The minimum Gasteiger partial charge on any atom is -0.480 e. The molecule has 20 heavy (non-hydrogen) atoms. The molecule has 5 nitrogen and oxygen atoms in total. The van der Waals surface area contributed by atoms with Crippen molar-refractivity contribution in [3.8, 4) is 0 Å². The average Bonchev–Trinajstić information content (AvgIpc) is 2.75. The molecular weight excluding hydrogens is 278 g/mol. The van der Waals surface area contributed by atoms with Crippen LogP contribution in [0.1, 0.15) is 19.4 Å². The zero-order valence-electron chi connectivity index (χ0n) is 11.6. The predicted molar refractivity (Wildman–Crippen MR) is 77.8 cm³/mol. The van der Waals surface area contributed by atoms with Gasteiger partial charge in [-0.25, -0.2) is 13.2 Å². The summed E-state index contributed by atoms with van der Waals surface area (Å²) in [7, 11) is -3.17. The number of nitrogens with zero attached hydrogens (tertiary/aromatic N) is 1. The van der Waals surface area contributed by atoms with Crippen LogP contribution in [0.15, 0.2) is 24.3 Å². The molecule has 0 amide bonds. The second-order valence-electron chi connectivity index (χ2n) is 5.30. The van der Waals surface area contributed by atoms with E-state index >= 15 is 0 Å². The first kappa shape index (κ1) is 14.8. The van der Waals surface area contributed by atoms with E-state index in [1.807, 2.05) is 24.3 Å². The van der Waals surface area contributed by atoms with Gasteiger partial charge in [0.25, 0.3) is 0 Å². The molecule has 1 unspecified atom stereocenters. The summed E-state index contributed by atoms with van der Waals surface area (Å²) in [6.45, 7) is 3.50. The van der Waals surface area contributed by atoms with Crippen molar-refractivity contribution in [1.82, 2.24) is 0 Å². The number of carbonyl (C=O) groups is 1. The first-order valence-corrected chi connectivity index (χ1v) is 8.33. The summed E-state index contributed by atoms with van der Waals surface area (Å²) in [6, 6.07) is 6.77. The molecule has 0 saturated heterocycles. The van der Waals surface area contributed by atoms with E-state index in [1.54, 1.807) is 18.7 Å². The Bertz CT molecular complexity index is 609. The smallest absolute Gasteiger partial charge is 0.326 e. The van der Waals surface area contributed by atoms with Crippen molar-refractivity contribution in [1.29, 1.82) is 0 Å². The maximum Gasteiger partial charge on any atom is 0.326 e. The molecule has 1 N–H and O–H groups in total. The highest BCUT2D eigenvalue weighted by Crippen LogP contribution is 2.31. The summed E-state index contributed by atoms with van der Waals surface area (Å²) >= 11 is 0. The fraction of sp³-hybridized carbons (Fsp3) is 0.500. The molecule has 110 valence electrons. The number of carboxylic acids is 1. The van der Waals surface area contributed by atoms with Crippen molar-refractivity contribution in [2.45, 2.75) is 31.6 Å². The number of hydrogen-bond donors (Lipinski definition) is 1. The van der Waals surface area contributed by atoms with Gasteiger partial charge in [0.05, 0.1) is 11.0 Å². The average molecular weight is 297 g/mol. The van der Waals surface area contributed by atoms with Gasteiger partial charge in [-0.15, -0.1) is 0 Å². The number of aliphatic carboxylic acids is 1. The maximum absolute atomic E-state index is 11.9. The van der Waals surface area contributed by atoms with Gasteiger partial charge in [-0.05, 0) is 25.5 Å². The minimum atomic E-state index is -3.17. The lowest BCUT2D eigenvalue weighted by Gasteiger charge is -2.25. The highest BCUT2D eigenvalue weighted by atomic mass is 32.2. The molecule has 1 aliphatic heterocycles. The second kappa shape index (κ2) is 5.44. The highest BCUT2D eigenvalue weighted by Gasteiger charge is 2.34. The summed E-state index contributed by atoms with van der Waals surface area (Å²) in [6.07, 6.45) is 0.424. The molecule has 1 heterocycles. The molecule has 0 bridgehead atoms. The Morgan fingerprint density at radius 3 is 2.65 bits per heavy atom. The largest absolute Gasteiger partial charge is 0.480 e. The van der Waals surface area contributed by atoms with E-state index in [-0.39, 0.29) is 12.3 Å². The Morgan fingerprint density at radius 1 is 1.40 bits per heavy atom. The van der Waals surface area contributed by atoms with Crippen molar-refractivity contribution in [3.05, 3.63) is 29.8 Å². The predicted octanol–water partition coefficient (Wildman–Crippen LogP) is 1.33. The van der Waals surface area contributed by atoms with Crippen molar-refractivity contribution in [2.75, 3.05) is 17.2 Å². The fourth-order valence-electron chi connectivity index (χ4n) is 2.41. The van der Waals surface area contributed by atoms with Gasteiger partial charge >= 0.3 is 5.97 Å². The zero-order valence-corrected chi connectivity index (χ0v) is 12.4. The number of sulfone groups is 1. The van der Waals surface area contributed by atoms with Crippen LogP contribution in [0.5, 0.6) is 0 Å². The van der Waals surface area contributed by atoms with E-state index in [2.05, 4.69) is 0 Å².